The summed E-state index contributed by atoms with van der Waals surface area (Å²) in [4.78, 5) is 8.48. The van der Waals surface area contributed by atoms with Crippen LogP contribution in [0.4, 0.5) is 0 Å². The van der Waals surface area contributed by atoms with Gasteiger partial charge in [-0.25, -0.2) is 0 Å². The summed E-state index contributed by atoms with van der Waals surface area (Å²) >= 11 is 0. The zero-order valence-electron chi connectivity index (χ0n) is 12.6. The fourth-order valence-corrected chi connectivity index (χ4v) is 1.47. The first kappa shape index (κ1) is 16.4. The van der Waals surface area contributed by atoms with Crippen LogP contribution in [0.5, 0.6) is 0 Å². The number of aromatic nitrogens is 2. The molecule has 7 nitrogen and oxygen atoms in total. The molecule has 1 heterocycles. The molecule has 0 unspecified atom stereocenters. The number of ether oxygens (including phenoxy) is 1. The summed E-state index contributed by atoms with van der Waals surface area (Å²) in [5.74, 6) is 2.06. The van der Waals surface area contributed by atoms with E-state index in [-0.39, 0.29) is 5.92 Å². The van der Waals surface area contributed by atoms with Gasteiger partial charge in [0.2, 0.25) is 5.89 Å². The van der Waals surface area contributed by atoms with E-state index in [9.17, 15) is 0 Å². The van der Waals surface area contributed by atoms with E-state index in [4.69, 9.17) is 15.0 Å². The average molecular weight is 283 g/mol. The number of hydrogen-bond acceptors (Lipinski definition) is 5. The van der Waals surface area contributed by atoms with E-state index in [1.165, 1.54) is 0 Å². The maximum atomic E-state index is 5.74. The molecule has 0 saturated heterocycles. The highest BCUT2D eigenvalue weighted by molar-refractivity contribution is 5.77. The smallest absolute Gasteiger partial charge is 0.228 e. The molecular weight excluding hydrogens is 258 g/mol. The maximum absolute atomic E-state index is 5.74. The van der Waals surface area contributed by atoms with E-state index < -0.39 is 0 Å². The van der Waals surface area contributed by atoms with Gasteiger partial charge in [-0.1, -0.05) is 19.0 Å². The normalized spacial score (nSPS) is 12.1. The summed E-state index contributed by atoms with van der Waals surface area (Å²) in [6, 6.07) is 0. The molecule has 3 N–H and O–H groups in total. The van der Waals surface area contributed by atoms with Crippen LogP contribution in [0, 0.1) is 0 Å². The van der Waals surface area contributed by atoms with E-state index >= 15 is 0 Å². The van der Waals surface area contributed by atoms with Gasteiger partial charge in [-0.05, 0) is 13.3 Å². The molecule has 0 atom stereocenters. The Labute approximate surface area is 120 Å². The van der Waals surface area contributed by atoms with E-state index in [2.05, 4.69) is 20.4 Å². The fraction of sp³-hybridized carbons (Fsp3) is 0.769. The third kappa shape index (κ3) is 6.51. The lowest BCUT2D eigenvalue weighted by Crippen LogP contribution is -2.33. The van der Waals surface area contributed by atoms with Crippen molar-refractivity contribution in [1.82, 2.24) is 15.5 Å². The monoisotopic (exact) mass is 283 g/mol. The lowest BCUT2D eigenvalue weighted by Gasteiger charge is -2.03. The molecule has 114 valence electrons. The maximum Gasteiger partial charge on any atom is 0.228 e. The van der Waals surface area contributed by atoms with Crippen LogP contribution in [-0.2, 0) is 11.2 Å². The molecule has 0 bridgehead atoms. The highest BCUT2D eigenvalue weighted by Gasteiger charge is 2.08. The lowest BCUT2D eigenvalue weighted by molar-refractivity contribution is 0.146. The summed E-state index contributed by atoms with van der Waals surface area (Å²) in [6.07, 6.45) is 1.51. The van der Waals surface area contributed by atoms with Gasteiger partial charge in [-0.15, -0.1) is 0 Å². The van der Waals surface area contributed by atoms with Gasteiger partial charge in [-0.3, -0.25) is 4.99 Å². The molecule has 20 heavy (non-hydrogen) atoms. The number of nitrogens with one attached hydrogen (secondary N) is 1. The standard InChI is InChI=1S/C13H25N5O2/c1-4-19-9-5-7-15-13(14)16-8-6-11-17-12(10(2)3)18-20-11/h10H,4-9H2,1-3H3,(H3,14,15,16). The minimum absolute atomic E-state index is 0.275. The first-order valence-electron chi connectivity index (χ1n) is 7.07. The van der Waals surface area contributed by atoms with Crippen molar-refractivity contribution < 1.29 is 9.26 Å². The Morgan fingerprint density at radius 3 is 2.95 bits per heavy atom. The van der Waals surface area contributed by atoms with Gasteiger partial charge >= 0.3 is 0 Å². The van der Waals surface area contributed by atoms with Crippen LogP contribution in [0.15, 0.2) is 9.52 Å². The molecule has 0 amide bonds. The first-order chi connectivity index (χ1) is 9.63. The van der Waals surface area contributed by atoms with Gasteiger partial charge in [0.15, 0.2) is 11.8 Å². The number of hydrogen-bond donors (Lipinski definition) is 2. The van der Waals surface area contributed by atoms with Crippen molar-refractivity contribution in [2.45, 2.75) is 39.5 Å². The van der Waals surface area contributed by atoms with E-state index in [1.807, 2.05) is 20.8 Å². The third-order valence-corrected chi connectivity index (χ3v) is 2.58. The molecule has 0 aliphatic carbocycles. The zero-order chi connectivity index (χ0) is 14.8. The number of guanidine groups is 1. The Kier molecular flexibility index (Phi) is 7.64. The SMILES string of the molecule is CCOCCCN=C(N)NCCc1nc(C(C)C)no1. The van der Waals surface area contributed by atoms with Crippen molar-refractivity contribution in [1.29, 1.82) is 0 Å². The second kappa shape index (κ2) is 9.30. The van der Waals surface area contributed by atoms with Crippen molar-refractivity contribution in [3.63, 3.8) is 0 Å². The van der Waals surface area contributed by atoms with Crippen LogP contribution in [-0.4, -0.2) is 42.4 Å². The van der Waals surface area contributed by atoms with Crippen LogP contribution in [0.25, 0.3) is 0 Å². The minimum atomic E-state index is 0.275. The molecule has 0 aliphatic heterocycles. The molecule has 0 fully saturated rings. The topological polar surface area (TPSA) is 98.6 Å². The quantitative estimate of drug-likeness (QED) is 0.399. The van der Waals surface area contributed by atoms with Gasteiger partial charge in [0.1, 0.15) is 0 Å². The Morgan fingerprint density at radius 1 is 1.50 bits per heavy atom. The van der Waals surface area contributed by atoms with Crippen molar-refractivity contribution in [2.75, 3.05) is 26.3 Å². The molecule has 0 aliphatic rings. The van der Waals surface area contributed by atoms with Gasteiger partial charge in [0.25, 0.3) is 0 Å². The highest BCUT2D eigenvalue weighted by Crippen LogP contribution is 2.09. The van der Waals surface area contributed by atoms with E-state index in [1.54, 1.807) is 0 Å². The fourth-order valence-electron chi connectivity index (χ4n) is 1.47. The van der Waals surface area contributed by atoms with Gasteiger partial charge in [-0.2, -0.15) is 4.98 Å². The van der Waals surface area contributed by atoms with Crippen molar-refractivity contribution in [2.24, 2.45) is 10.7 Å². The number of nitrogens with zero attached hydrogens (tertiary/aromatic N) is 3. The van der Waals surface area contributed by atoms with Crippen molar-refractivity contribution >= 4 is 5.96 Å². The zero-order valence-corrected chi connectivity index (χ0v) is 12.6. The van der Waals surface area contributed by atoms with Crippen LogP contribution in [0.2, 0.25) is 0 Å². The molecule has 1 rings (SSSR count). The average Bonchev–Trinajstić information content (AvgIpc) is 2.87. The van der Waals surface area contributed by atoms with Gasteiger partial charge in [0.05, 0.1) is 0 Å². The Morgan fingerprint density at radius 2 is 2.30 bits per heavy atom. The van der Waals surface area contributed by atoms with E-state index in [0.717, 1.165) is 18.9 Å². The summed E-state index contributed by atoms with van der Waals surface area (Å²) in [7, 11) is 0. The predicted octanol–water partition coefficient (Wildman–Crippen LogP) is 1.07. The predicted molar refractivity (Wildman–Crippen MR) is 77.7 cm³/mol. The van der Waals surface area contributed by atoms with Crippen LogP contribution in [0.1, 0.15) is 44.8 Å². The first-order valence-corrected chi connectivity index (χ1v) is 7.07. The summed E-state index contributed by atoms with van der Waals surface area (Å²) in [6.45, 7) is 8.77. The highest BCUT2D eigenvalue weighted by atomic mass is 16.5. The second-order valence-corrected chi connectivity index (χ2v) is 4.70. The van der Waals surface area contributed by atoms with Gasteiger partial charge in [0, 0.05) is 38.6 Å². The molecule has 0 radical (unpaired) electrons. The lowest BCUT2D eigenvalue weighted by atomic mass is 10.2. The van der Waals surface area contributed by atoms with Crippen molar-refractivity contribution in [3.05, 3.63) is 11.7 Å². The van der Waals surface area contributed by atoms with Crippen LogP contribution >= 0.6 is 0 Å². The molecule has 0 spiro atoms. The van der Waals surface area contributed by atoms with Crippen LogP contribution < -0.4 is 11.1 Å². The number of aliphatic imine (C=N–C) groups is 1. The second-order valence-electron chi connectivity index (χ2n) is 4.70. The van der Waals surface area contributed by atoms with Crippen molar-refractivity contribution in [3.8, 4) is 0 Å². The Hall–Kier alpha value is -1.63. The Balaban J connectivity index is 2.17. The number of nitrogens with two attached hydrogens (primary N) is 1. The third-order valence-electron chi connectivity index (χ3n) is 2.58. The molecule has 0 aromatic carbocycles. The summed E-state index contributed by atoms with van der Waals surface area (Å²) < 4.78 is 10.4. The molecule has 7 heteroatoms. The molecule has 1 aromatic rings. The summed E-state index contributed by atoms with van der Waals surface area (Å²) in [5, 5.41) is 6.92. The summed E-state index contributed by atoms with van der Waals surface area (Å²) in [5.41, 5.74) is 5.74. The van der Waals surface area contributed by atoms with E-state index in [0.29, 0.717) is 38.0 Å². The van der Waals surface area contributed by atoms with Gasteiger partial charge < -0.3 is 20.3 Å². The largest absolute Gasteiger partial charge is 0.382 e. The minimum Gasteiger partial charge on any atom is -0.382 e. The number of rotatable bonds is 9. The molecular formula is C13H25N5O2. The van der Waals surface area contributed by atoms with Crippen LogP contribution in [0.3, 0.4) is 0 Å². The molecule has 1 aromatic heterocycles. The molecule has 0 saturated carbocycles. The Bertz CT molecular complexity index is 403.